The maximum atomic E-state index is 5.34. The summed E-state index contributed by atoms with van der Waals surface area (Å²) < 4.78 is 10.6. The summed E-state index contributed by atoms with van der Waals surface area (Å²) in [7, 11) is 5.14. The Morgan fingerprint density at radius 1 is 1.08 bits per heavy atom. The summed E-state index contributed by atoms with van der Waals surface area (Å²) >= 11 is 0. The van der Waals surface area contributed by atoms with Crippen LogP contribution in [-0.4, -0.2) is 40.3 Å². The lowest BCUT2D eigenvalue weighted by atomic mass is 10.0. The van der Waals surface area contributed by atoms with Crippen molar-refractivity contribution in [1.82, 2.24) is 10.6 Å². The summed E-state index contributed by atoms with van der Waals surface area (Å²) in [5.74, 6) is 3.14. The van der Waals surface area contributed by atoms with Crippen molar-refractivity contribution in [3.8, 4) is 11.5 Å². The molecule has 0 amide bonds. The maximum Gasteiger partial charge on any atom is 0.190 e. The summed E-state index contributed by atoms with van der Waals surface area (Å²) in [6.07, 6.45) is 4.40. The molecule has 0 bridgehead atoms. The Balaban J connectivity index is 2.36. The number of methoxy groups -OCH3 is 2. The third kappa shape index (κ3) is 6.69. The van der Waals surface area contributed by atoms with Gasteiger partial charge in [-0.1, -0.05) is 32.8 Å². The molecule has 0 unspecified atom stereocenters. The molecule has 0 saturated heterocycles. The topological polar surface area (TPSA) is 54.9 Å². The van der Waals surface area contributed by atoms with E-state index in [2.05, 4.69) is 35.5 Å². The number of hydrogen-bond donors (Lipinski definition) is 2. The molecule has 0 radical (unpaired) electrons. The number of aryl methyl sites for hydroxylation is 1. The van der Waals surface area contributed by atoms with E-state index in [4.69, 9.17) is 9.47 Å². The van der Waals surface area contributed by atoms with Crippen molar-refractivity contribution in [2.45, 2.75) is 39.5 Å². The van der Waals surface area contributed by atoms with Gasteiger partial charge in [0.15, 0.2) is 17.5 Å². The molecule has 1 rings (SSSR count). The number of hydrogen-bond acceptors (Lipinski definition) is 3. The molecular weight excluding hydrogens is 302 g/mol. The monoisotopic (exact) mass is 335 g/mol. The molecule has 0 aliphatic rings. The first-order chi connectivity index (χ1) is 11.7. The van der Waals surface area contributed by atoms with Crippen LogP contribution in [0, 0.1) is 5.92 Å². The number of rotatable bonds is 10. The van der Waals surface area contributed by atoms with Crippen molar-refractivity contribution in [3.05, 3.63) is 23.8 Å². The largest absolute Gasteiger partial charge is 0.493 e. The third-order valence-corrected chi connectivity index (χ3v) is 4.32. The van der Waals surface area contributed by atoms with Gasteiger partial charge in [0.25, 0.3) is 0 Å². The molecule has 0 aromatic heterocycles. The first-order valence-electron chi connectivity index (χ1n) is 8.83. The van der Waals surface area contributed by atoms with Crippen LogP contribution >= 0.6 is 0 Å². The summed E-state index contributed by atoms with van der Waals surface area (Å²) in [4.78, 5) is 4.28. The average Bonchev–Trinajstić information content (AvgIpc) is 2.63. The van der Waals surface area contributed by atoms with Gasteiger partial charge in [-0.2, -0.15) is 0 Å². The van der Waals surface area contributed by atoms with Crippen LogP contribution in [0.25, 0.3) is 0 Å². The minimum absolute atomic E-state index is 0.704. The van der Waals surface area contributed by atoms with E-state index < -0.39 is 0 Å². The van der Waals surface area contributed by atoms with Crippen LogP contribution in [0.2, 0.25) is 0 Å². The molecule has 1 aromatic carbocycles. The summed E-state index contributed by atoms with van der Waals surface area (Å²) in [6, 6.07) is 6.08. The summed E-state index contributed by atoms with van der Waals surface area (Å²) in [5, 5.41) is 6.78. The molecule has 2 N–H and O–H groups in total. The number of nitrogens with zero attached hydrogens (tertiary/aromatic N) is 1. The van der Waals surface area contributed by atoms with Gasteiger partial charge in [0, 0.05) is 20.1 Å². The smallest absolute Gasteiger partial charge is 0.190 e. The lowest BCUT2D eigenvalue weighted by molar-refractivity contribution is 0.354. The highest BCUT2D eigenvalue weighted by molar-refractivity contribution is 5.79. The summed E-state index contributed by atoms with van der Waals surface area (Å²) in [6.45, 7) is 6.32. The van der Waals surface area contributed by atoms with Crippen LogP contribution in [0.1, 0.15) is 38.7 Å². The zero-order valence-corrected chi connectivity index (χ0v) is 15.8. The third-order valence-electron chi connectivity index (χ3n) is 4.32. The van der Waals surface area contributed by atoms with Gasteiger partial charge < -0.3 is 20.1 Å². The van der Waals surface area contributed by atoms with Gasteiger partial charge in [-0.3, -0.25) is 4.99 Å². The van der Waals surface area contributed by atoms with E-state index in [-0.39, 0.29) is 0 Å². The van der Waals surface area contributed by atoms with E-state index >= 15 is 0 Å². The molecule has 136 valence electrons. The Labute approximate surface area is 146 Å². The molecule has 1 aromatic rings. The standard InChI is InChI=1S/C19H33N3O2/c1-6-15(7-2)14-22-19(20-3)21-12-8-9-16-10-11-17(23-4)18(13-16)24-5/h10-11,13,15H,6-9,12,14H2,1-5H3,(H2,20,21,22). The normalized spacial score (nSPS) is 11.5. The van der Waals surface area contributed by atoms with E-state index in [1.165, 1.54) is 18.4 Å². The fourth-order valence-corrected chi connectivity index (χ4v) is 2.57. The highest BCUT2D eigenvalue weighted by Gasteiger charge is 2.06. The predicted molar refractivity (Wildman–Crippen MR) is 101 cm³/mol. The molecular formula is C19H33N3O2. The van der Waals surface area contributed by atoms with Gasteiger partial charge in [-0.15, -0.1) is 0 Å². The average molecular weight is 335 g/mol. The Kier molecular flexibility index (Phi) is 9.73. The predicted octanol–water partition coefficient (Wildman–Crippen LogP) is 3.24. The van der Waals surface area contributed by atoms with Crippen molar-refractivity contribution >= 4 is 5.96 Å². The van der Waals surface area contributed by atoms with Crippen molar-refractivity contribution in [2.24, 2.45) is 10.9 Å². The molecule has 5 nitrogen and oxygen atoms in total. The number of ether oxygens (including phenoxy) is 2. The fraction of sp³-hybridized carbons (Fsp3) is 0.632. The molecule has 0 aliphatic carbocycles. The minimum atomic E-state index is 0.704. The highest BCUT2D eigenvalue weighted by Crippen LogP contribution is 2.27. The van der Waals surface area contributed by atoms with Crippen molar-refractivity contribution in [3.63, 3.8) is 0 Å². The van der Waals surface area contributed by atoms with Crippen LogP contribution in [0.15, 0.2) is 23.2 Å². The number of nitrogens with one attached hydrogen (secondary N) is 2. The van der Waals surface area contributed by atoms with Crippen LogP contribution in [0.3, 0.4) is 0 Å². The Morgan fingerprint density at radius 3 is 2.38 bits per heavy atom. The van der Waals surface area contributed by atoms with E-state index in [0.717, 1.165) is 43.4 Å². The second-order valence-electron chi connectivity index (χ2n) is 5.86. The molecule has 0 atom stereocenters. The van der Waals surface area contributed by atoms with Crippen LogP contribution in [0.4, 0.5) is 0 Å². The van der Waals surface area contributed by atoms with Gasteiger partial charge in [-0.05, 0) is 36.5 Å². The Hall–Kier alpha value is -1.91. The van der Waals surface area contributed by atoms with Crippen molar-refractivity contribution in [1.29, 1.82) is 0 Å². The fourth-order valence-electron chi connectivity index (χ4n) is 2.57. The molecule has 0 saturated carbocycles. The van der Waals surface area contributed by atoms with Gasteiger partial charge >= 0.3 is 0 Å². The maximum absolute atomic E-state index is 5.34. The van der Waals surface area contributed by atoms with Gasteiger partial charge in [0.1, 0.15) is 0 Å². The van der Waals surface area contributed by atoms with Crippen LogP contribution < -0.4 is 20.1 Å². The van der Waals surface area contributed by atoms with Gasteiger partial charge in [0.05, 0.1) is 14.2 Å². The van der Waals surface area contributed by atoms with E-state index in [1.807, 2.05) is 19.2 Å². The molecule has 0 spiro atoms. The highest BCUT2D eigenvalue weighted by atomic mass is 16.5. The number of guanidine groups is 1. The molecule has 24 heavy (non-hydrogen) atoms. The van der Waals surface area contributed by atoms with Crippen molar-refractivity contribution in [2.75, 3.05) is 34.4 Å². The zero-order chi connectivity index (χ0) is 17.8. The number of aliphatic imine (C=N–C) groups is 1. The van der Waals surface area contributed by atoms with E-state index in [1.54, 1.807) is 14.2 Å². The lowest BCUT2D eigenvalue weighted by Gasteiger charge is -2.16. The van der Waals surface area contributed by atoms with Gasteiger partial charge in [-0.25, -0.2) is 0 Å². The lowest BCUT2D eigenvalue weighted by Crippen LogP contribution is -2.40. The van der Waals surface area contributed by atoms with Crippen LogP contribution in [0.5, 0.6) is 11.5 Å². The minimum Gasteiger partial charge on any atom is -0.493 e. The Bertz CT molecular complexity index is 499. The molecule has 0 fully saturated rings. The van der Waals surface area contributed by atoms with Crippen molar-refractivity contribution < 1.29 is 9.47 Å². The Morgan fingerprint density at radius 2 is 1.79 bits per heavy atom. The first-order valence-corrected chi connectivity index (χ1v) is 8.83. The molecule has 5 heteroatoms. The van der Waals surface area contributed by atoms with Gasteiger partial charge in [0.2, 0.25) is 0 Å². The second kappa shape index (κ2) is 11.6. The second-order valence-corrected chi connectivity index (χ2v) is 5.86. The van der Waals surface area contributed by atoms with E-state index in [9.17, 15) is 0 Å². The first kappa shape index (κ1) is 20.1. The quantitative estimate of drug-likeness (QED) is 0.391. The molecule has 0 heterocycles. The zero-order valence-electron chi connectivity index (χ0n) is 15.8. The van der Waals surface area contributed by atoms with E-state index in [0.29, 0.717) is 5.92 Å². The SMILES string of the molecule is CCC(CC)CNC(=NC)NCCCc1ccc(OC)c(OC)c1. The number of benzene rings is 1. The molecule has 0 aliphatic heterocycles. The summed E-state index contributed by atoms with van der Waals surface area (Å²) in [5.41, 5.74) is 1.24. The van der Waals surface area contributed by atoms with Crippen LogP contribution in [-0.2, 0) is 6.42 Å².